The minimum atomic E-state index is 0.348. The van der Waals surface area contributed by atoms with E-state index in [9.17, 15) is 0 Å². The number of rotatable bonds is 6. The Morgan fingerprint density at radius 1 is 1.44 bits per heavy atom. The highest BCUT2D eigenvalue weighted by Gasteiger charge is 2.28. The first kappa shape index (κ1) is 14.2. The van der Waals surface area contributed by atoms with Gasteiger partial charge in [-0.2, -0.15) is 0 Å². The van der Waals surface area contributed by atoms with Gasteiger partial charge < -0.3 is 5.32 Å². The van der Waals surface area contributed by atoms with E-state index in [1.165, 1.54) is 8.66 Å². The van der Waals surface area contributed by atoms with Crippen molar-refractivity contribution in [2.75, 3.05) is 13.1 Å². The van der Waals surface area contributed by atoms with Gasteiger partial charge in [0, 0.05) is 11.4 Å². The first-order valence-electron chi connectivity index (χ1n) is 5.93. The molecule has 1 aromatic heterocycles. The molecule has 16 heavy (non-hydrogen) atoms. The van der Waals surface area contributed by atoms with E-state index in [1.54, 1.807) is 0 Å². The highest BCUT2D eigenvalue weighted by molar-refractivity contribution is 9.11. The Hall–Kier alpha value is 0.140. The molecule has 0 saturated heterocycles. The second-order valence-corrected chi connectivity index (χ2v) is 7.52. The van der Waals surface area contributed by atoms with Crippen molar-refractivity contribution in [3.05, 3.63) is 20.8 Å². The number of hydrogen-bond acceptors (Lipinski definition) is 2. The summed E-state index contributed by atoms with van der Waals surface area (Å²) in [5.41, 5.74) is 0.348. The molecule has 1 N–H and O–H groups in total. The van der Waals surface area contributed by atoms with Crippen molar-refractivity contribution in [3.63, 3.8) is 0 Å². The molecule has 0 aromatic carbocycles. The van der Waals surface area contributed by atoms with E-state index in [0.717, 1.165) is 19.5 Å². The van der Waals surface area contributed by atoms with Gasteiger partial charge in [0.1, 0.15) is 0 Å². The lowest BCUT2D eigenvalue weighted by Crippen LogP contribution is -2.37. The number of thiophene rings is 1. The lowest BCUT2D eigenvalue weighted by Gasteiger charge is -2.33. The van der Waals surface area contributed by atoms with Gasteiger partial charge >= 0.3 is 0 Å². The van der Waals surface area contributed by atoms with Crippen molar-refractivity contribution in [2.45, 2.75) is 34.1 Å². The molecule has 1 atom stereocenters. The molecular weight excluding hydrogens is 282 g/mol. The average molecular weight is 304 g/mol. The minimum absolute atomic E-state index is 0.348. The highest BCUT2D eigenvalue weighted by Crippen LogP contribution is 2.34. The van der Waals surface area contributed by atoms with Crippen LogP contribution < -0.4 is 5.32 Å². The van der Waals surface area contributed by atoms with Crippen LogP contribution in [0.3, 0.4) is 0 Å². The molecule has 0 amide bonds. The quantitative estimate of drug-likeness (QED) is 0.825. The second-order valence-electron chi connectivity index (χ2n) is 4.97. The Kier molecular flexibility index (Phi) is 5.48. The van der Waals surface area contributed by atoms with Gasteiger partial charge in [-0.1, -0.05) is 27.7 Å². The molecule has 1 rings (SSSR count). The molecule has 3 heteroatoms. The summed E-state index contributed by atoms with van der Waals surface area (Å²) in [7, 11) is 0. The van der Waals surface area contributed by atoms with Crippen LogP contribution in [0.4, 0.5) is 0 Å². The van der Waals surface area contributed by atoms with Gasteiger partial charge in [0.05, 0.1) is 3.79 Å². The molecule has 0 radical (unpaired) electrons. The Morgan fingerprint density at radius 3 is 2.56 bits per heavy atom. The van der Waals surface area contributed by atoms with E-state index in [4.69, 9.17) is 0 Å². The van der Waals surface area contributed by atoms with Crippen LogP contribution in [-0.4, -0.2) is 13.1 Å². The normalized spacial score (nSPS) is 15.4. The second kappa shape index (κ2) is 6.18. The fourth-order valence-corrected chi connectivity index (χ4v) is 3.41. The minimum Gasteiger partial charge on any atom is -0.316 e. The smallest absolute Gasteiger partial charge is 0.0701 e. The first-order chi connectivity index (χ1) is 7.48. The van der Waals surface area contributed by atoms with Crippen molar-refractivity contribution in [1.29, 1.82) is 0 Å². The van der Waals surface area contributed by atoms with Crippen molar-refractivity contribution in [3.8, 4) is 0 Å². The van der Waals surface area contributed by atoms with Crippen LogP contribution in [0.1, 0.15) is 32.6 Å². The van der Waals surface area contributed by atoms with Gasteiger partial charge in [-0.15, -0.1) is 11.3 Å². The summed E-state index contributed by atoms with van der Waals surface area (Å²) >= 11 is 5.39. The molecular formula is C13H22BrNS. The zero-order valence-electron chi connectivity index (χ0n) is 10.6. The molecule has 0 saturated carbocycles. The number of nitrogens with one attached hydrogen (secondary N) is 1. The third-order valence-corrected chi connectivity index (χ3v) is 5.00. The van der Waals surface area contributed by atoms with E-state index >= 15 is 0 Å². The van der Waals surface area contributed by atoms with Crippen molar-refractivity contribution in [2.24, 2.45) is 11.3 Å². The fourth-order valence-electron chi connectivity index (χ4n) is 1.73. The van der Waals surface area contributed by atoms with Crippen LogP contribution in [0, 0.1) is 11.3 Å². The largest absolute Gasteiger partial charge is 0.316 e. The number of halogens is 1. The molecule has 0 aliphatic heterocycles. The molecule has 1 nitrogen and oxygen atoms in total. The predicted octanol–water partition coefficient (Wildman–Crippen LogP) is 4.32. The van der Waals surface area contributed by atoms with E-state index in [1.807, 2.05) is 11.3 Å². The molecule has 92 valence electrons. The van der Waals surface area contributed by atoms with E-state index in [0.29, 0.717) is 11.3 Å². The fraction of sp³-hybridized carbons (Fsp3) is 0.692. The van der Waals surface area contributed by atoms with Crippen LogP contribution in [0.5, 0.6) is 0 Å². The lowest BCUT2D eigenvalue weighted by atomic mass is 9.76. The summed E-state index contributed by atoms with van der Waals surface area (Å²) in [6.07, 6.45) is 1.16. The Morgan fingerprint density at radius 2 is 2.12 bits per heavy atom. The molecule has 0 bridgehead atoms. The van der Waals surface area contributed by atoms with Crippen LogP contribution in [0.2, 0.25) is 0 Å². The summed E-state index contributed by atoms with van der Waals surface area (Å²) < 4.78 is 1.23. The zero-order valence-corrected chi connectivity index (χ0v) is 13.0. The first-order valence-corrected chi connectivity index (χ1v) is 7.54. The van der Waals surface area contributed by atoms with E-state index in [2.05, 4.69) is 61.1 Å². The monoisotopic (exact) mass is 303 g/mol. The van der Waals surface area contributed by atoms with E-state index in [-0.39, 0.29) is 0 Å². The SMILES string of the molecule is CCNCC(C)(Cc1ccc(Br)s1)C(C)C. The predicted molar refractivity (Wildman–Crippen MR) is 77.2 cm³/mol. The van der Waals surface area contributed by atoms with Crippen LogP contribution in [0.15, 0.2) is 15.9 Å². The van der Waals surface area contributed by atoms with Crippen LogP contribution >= 0.6 is 27.3 Å². The lowest BCUT2D eigenvalue weighted by molar-refractivity contribution is 0.210. The van der Waals surface area contributed by atoms with Gasteiger partial charge in [-0.25, -0.2) is 0 Å². The average Bonchev–Trinajstić information content (AvgIpc) is 2.60. The van der Waals surface area contributed by atoms with Gasteiger partial charge in [-0.05, 0) is 52.4 Å². The molecule has 1 heterocycles. The van der Waals surface area contributed by atoms with Gasteiger partial charge in [0.25, 0.3) is 0 Å². The maximum absolute atomic E-state index is 3.53. The Balaban J connectivity index is 2.70. The molecule has 0 aliphatic rings. The summed E-state index contributed by atoms with van der Waals surface area (Å²) in [5.74, 6) is 0.687. The summed E-state index contributed by atoms with van der Waals surface area (Å²) in [5, 5.41) is 3.49. The summed E-state index contributed by atoms with van der Waals surface area (Å²) in [4.78, 5) is 1.47. The van der Waals surface area contributed by atoms with Gasteiger partial charge in [0.2, 0.25) is 0 Å². The zero-order chi connectivity index (χ0) is 12.2. The molecule has 1 aromatic rings. The standard InChI is InChI=1S/C13H22BrNS/c1-5-15-9-13(4,10(2)3)8-11-6-7-12(14)16-11/h6-7,10,15H,5,8-9H2,1-4H3. The maximum atomic E-state index is 3.53. The summed E-state index contributed by atoms with van der Waals surface area (Å²) in [6.45, 7) is 11.3. The summed E-state index contributed by atoms with van der Waals surface area (Å²) in [6, 6.07) is 4.38. The third-order valence-electron chi connectivity index (χ3n) is 3.38. The van der Waals surface area contributed by atoms with Gasteiger partial charge in [0.15, 0.2) is 0 Å². The molecule has 1 unspecified atom stereocenters. The Bertz CT molecular complexity index is 321. The maximum Gasteiger partial charge on any atom is 0.0701 e. The van der Waals surface area contributed by atoms with Crippen molar-refractivity contribution >= 4 is 27.3 Å². The van der Waals surface area contributed by atoms with Crippen molar-refractivity contribution < 1.29 is 0 Å². The third kappa shape index (κ3) is 3.86. The highest BCUT2D eigenvalue weighted by atomic mass is 79.9. The molecule has 0 fully saturated rings. The van der Waals surface area contributed by atoms with E-state index < -0.39 is 0 Å². The topological polar surface area (TPSA) is 12.0 Å². The van der Waals surface area contributed by atoms with Crippen LogP contribution in [0.25, 0.3) is 0 Å². The Labute approximate surface area is 112 Å². The van der Waals surface area contributed by atoms with Crippen molar-refractivity contribution in [1.82, 2.24) is 5.32 Å². The van der Waals surface area contributed by atoms with Gasteiger partial charge in [-0.3, -0.25) is 0 Å². The van der Waals surface area contributed by atoms with Crippen LogP contribution in [-0.2, 0) is 6.42 Å². The molecule has 0 spiro atoms. The molecule has 0 aliphatic carbocycles. The number of hydrogen-bond donors (Lipinski definition) is 1.